The van der Waals surface area contributed by atoms with Crippen LogP contribution in [0.5, 0.6) is 0 Å². The Bertz CT molecular complexity index is 1220. The molecule has 0 atom stereocenters. The van der Waals surface area contributed by atoms with Gasteiger partial charge in [0.2, 0.25) is 21.8 Å². The fourth-order valence-electron chi connectivity index (χ4n) is 4.55. The third kappa shape index (κ3) is 5.32. The first kappa shape index (κ1) is 25.5. The van der Waals surface area contributed by atoms with Crippen molar-refractivity contribution >= 4 is 27.5 Å². The number of terminal acetylenes is 1. The van der Waals surface area contributed by atoms with Crippen molar-refractivity contribution in [3.8, 4) is 12.3 Å². The summed E-state index contributed by atoms with van der Waals surface area (Å²) in [5.41, 5.74) is 3.62. The average Bonchev–Trinajstić information content (AvgIpc) is 2.81. The van der Waals surface area contributed by atoms with Gasteiger partial charge < -0.3 is 10.2 Å². The van der Waals surface area contributed by atoms with Crippen LogP contribution in [-0.4, -0.2) is 51.2 Å². The summed E-state index contributed by atoms with van der Waals surface area (Å²) < 4.78 is 28.2. The number of piperidine rings is 1. The number of benzene rings is 2. The highest BCUT2D eigenvalue weighted by atomic mass is 32.2. The molecule has 8 heteroatoms. The molecule has 0 spiro atoms. The quantitative estimate of drug-likeness (QED) is 0.643. The zero-order chi connectivity index (χ0) is 25.0. The maximum Gasteiger partial charge on any atom is 0.243 e. The molecule has 1 fully saturated rings. The largest absolute Gasteiger partial charge is 0.358 e. The number of likely N-dealkylation sites (N-methyl/N-ethyl adjacent to an activating group) is 1. The van der Waals surface area contributed by atoms with E-state index < -0.39 is 15.9 Å². The molecule has 0 aromatic heterocycles. The zero-order valence-electron chi connectivity index (χ0n) is 20.1. The molecule has 2 amide bonds. The third-order valence-electron chi connectivity index (χ3n) is 6.18. The minimum absolute atomic E-state index is 0.135. The van der Waals surface area contributed by atoms with Crippen LogP contribution >= 0.6 is 0 Å². The number of sulfonamides is 1. The Kier molecular flexibility index (Phi) is 7.80. The number of nitrogens with one attached hydrogen (secondary N) is 1. The van der Waals surface area contributed by atoms with Crippen LogP contribution < -0.4 is 10.2 Å². The molecule has 0 unspecified atom stereocenters. The van der Waals surface area contributed by atoms with Gasteiger partial charge in [0.25, 0.3) is 0 Å². The SMILES string of the molecule is C#Cc1cccc(N(CC(=O)NC)C(=O)C2CCN(S(=O)(=O)c3c(C)cc(C)cc3C)CC2)c1. The lowest BCUT2D eigenvalue weighted by molar-refractivity contribution is -0.126. The van der Waals surface area contributed by atoms with Crippen LogP contribution in [-0.2, 0) is 19.6 Å². The van der Waals surface area contributed by atoms with E-state index in [1.54, 1.807) is 24.3 Å². The van der Waals surface area contributed by atoms with Crippen LogP contribution in [0.3, 0.4) is 0 Å². The van der Waals surface area contributed by atoms with Gasteiger partial charge in [-0.25, -0.2) is 8.42 Å². The van der Waals surface area contributed by atoms with Gasteiger partial charge in [0.15, 0.2) is 0 Å². The minimum Gasteiger partial charge on any atom is -0.358 e. The first-order valence-corrected chi connectivity index (χ1v) is 12.7. The number of carbonyl (C=O) groups excluding carboxylic acids is 2. The van der Waals surface area contributed by atoms with E-state index in [4.69, 9.17) is 6.42 Å². The number of rotatable bonds is 6. The number of nitrogens with zero attached hydrogens (tertiary/aromatic N) is 2. The van der Waals surface area contributed by atoms with Gasteiger partial charge in [0.05, 0.1) is 4.90 Å². The highest BCUT2D eigenvalue weighted by molar-refractivity contribution is 7.89. The summed E-state index contributed by atoms with van der Waals surface area (Å²) >= 11 is 0. The monoisotopic (exact) mass is 481 g/mol. The number of aryl methyl sites for hydroxylation is 3. The Morgan fingerprint density at radius 1 is 1.12 bits per heavy atom. The minimum atomic E-state index is -3.67. The fourth-order valence-corrected chi connectivity index (χ4v) is 6.43. The van der Waals surface area contributed by atoms with Gasteiger partial charge >= 0.3 is 0 Å². The average molecular weight is 482 g/mol. The lowest BCUT2D eigenvalue weighted by Gasteiger charge is -2.34. The summed E-state index contributed by atoms with van der Waals surface area (Å²) in [5, 5.41) is 2.55. The summed E-state index contributed by atoms with van der Waals surface area (Å²) in [7, 11) is -2.16. The van der Waals surface area contributed by atoms with Crippen molar-refractivity contribution in [2.24, 2.45) is 5.92 Å². The fraction of sp³-hybridized carbons (Fsp3) is 0.385. The molecule has 0 radical (unpaired) electrons. The lowest BCUT2D eigenvalue weighted by Crippen LogP contribution is -2.47. The molecular formula is C26H31N3O4S. The van der Waals surface area contributed by atoms with Crippen molar-refractivity contribution in [3.63, 3.8) is 0 Å². The summed E-state index contributed by atoms with van der Waals surface area (Å²) in [5.74, 6) is 1.64. The predicted octanol–water partition coefficient (Wildman–Crippen LogP) is 2.77. The van der Waals surface area contributed by atoms with Crippen molar-refractivity contribution in [1.82, 2.24) is 9.62 Å². The van der Waals surface area contributed by atoms with E-state index in [0.29, 0.717) is 29.0 Å². The Morgan fingerprint density at radius 2 is 1.74 bits per heavy atom. The molecule has 2 aromatic rings. The topological polar surface area (TPSA) is 86.8 Å². The second-order valence-corrected chi connectivity index (χ2v) is 10.6. The lowest BCUT2D eigenvalue weighted by atomic mass is 9.96. The summed E-state index contributed by atoms with van der Waals surface area (Å²) in [6.45, 7) is 5.91. The van der Waals surface area contributed by atoms with Gasteiger partial charge in [0.1, 0.15) is 6.54 Å². The Balaban J connectivity index is 1.80. The number of hydrogen-bond acceptors (Lipinski definition) is 4. The van der Waals surface area contributed by atoms with Gasteiger partial charge in [-0.1, -0.05) is 29.7 Å². The molecule has 7 nitrogen and oxygen atoms in total. The van der Waals surface area contributed by atoms with E-state index >= 15 is 0 Å². The van der Waals surface area contributed by atoms with Gasteiger partial charge in [-0.05, 0) is 62.9 Å². The van der Waals surface area contributed by atoms with Gasteiger partial charge in [-0.2, -0.15) is 4.31 Å². The Hall–Kier alpha value is -3.15. The predicted molar refractivity (Wildman–Crippen MR) is 133 cm³/mol. The number of amides is 2. The van der Waals surface area contributed by atoms with Crippen molar-refractivity contribution in [3.05, 3.63) is 58.7 Å². The second-order valence-electron chi connectivity index (χ2n) is 8.70. The smallest absolute Gasteiger partial charge is 0.243 e. The zero-order valence-corrected chi connectivity index (χ0v) is 20.9. The molecule has 0 aliphatic carbocycles. The van der Waals surface area contributed by atoms with E-state index in [1.807, 2.05) is 32.9 Å². The van der Waals surface area contributed by atoms with Crippen LogP contribution in [0.1, 0.15) is 35.1 Å². The number of hydrogen-bond donors (Lipinski definition) is 1. The molecular weight excluding hydrogens is 450 g/mol. The van der Waals surface area contributed by atoms with Gasteiger partial charge in [0, 0.05) is 37.3 Å². The molecule has 1 saturated heterocycles. The molecule has 1 aliphatic heterocycles. The molecule has 1 N–H and O–H groups in total. The molecule has 3 rings (SSSR count). The van der Waals surface area contributed by atoms with Crippen molar-refractivity contribution < 1.29 is 18.0 Å². The Morgan fingerprint density at radius 3 is 2.29 bits per heavy atom. The summed E-state index contributed by atoms with van der Waals surface area (Å²) in [4.78, 5) is 27.4. The van der Waals surface area contributed by atoms with Crippen molar-refractivity contribution in [2.45, 2.75) is 38.5 Å². The molecule has 0 saturated carbocycles. The van der Waals surface area contributed by atoms with Crippen LogP contribution in [0, 0.1) is 39.0 Å². The van der Waals surface area contributed by atoms with Crippen LogP contribution in [0.4, 0.5) is 5.69 Å². The van der Waals surface area contributed by atoms with E-state index in [-0.39, 0.29) is 31.4 Å². The third-order valence-corrected chi connectivity index (χ3v) is 8.38. The molecule has 1 heterocycles. The first-order chi connectivity index (χ1) is 16.1. The van der Waals surface area contributed by atoms with E-state index in [9.17, 15) is 18.0 Å². The van der Waals surface area contributed by atoms with E-state index in [0.717, 1.165) is 16.7 Å². The first-order valence-electron chi connectivity index (χ1n) is 11.2. The van der Waals surface area contributed by atoms with E-state index in [2.05, 4.69) is 11.2 Å². The van der Waals surface area contributed by atoms with Crippen LogP contribution in [0.25, 0.3) is 0 Å². The maximum atomic E-state index is 13.4. The normalized spacial score (nSPS) is 14.9. The van der Waals surface area contributed by atoms with Gasteiger partial charge in [-0.3, -0.25) is 9.59 Å². The van der Waals surface area contributed by atoms with Crippen molar-refractivity contribution in [1.29, 1.82) is 0 Å². The summed E-state index contributed by atoms with van der Waals surface area (Å²) in [6, 6.07) is 10.7. The van der Waals surface area contributed by atoms with Crippen LogP contribution in [0.2, 0.25) is 0 Å². The number of carbonyl (C=O) groups is 2. The van der Waals surface area contributed by atoms with Crippen molar-refractivity contribution in [2.75, 3.05) is 31.6 Å². The Labute approximate surface area is 202 Å². The van der Waals surface area contributed by atoms with Crippen LogP contribution in [0.15, 0.2) is 41.3 Å². The molecule has 1 aliphatic rings. The summed E-state index contributed by atoms with van der Waals surface area (Å²) in [6.07, 6.45) is 6.26. The molecule has 34 heavy (non-hydrogen) atoms. The molecule has 0 bridgehead atoms. The molecule has 2 aromatic carbocycles. The molecule has 180 valence electrons. The standard InChI is InChI=1S/C26H31N3O4S/c1-6-21-8-7-9-23(16-21)29(17-24(30)27-5)26(31)22-10-12-28(13-11-22)34(32,33)25-19(3)14-18(2)15-20(25)4/h1,7-9,14-16,22H,10-13,17H2,2-5H3,(H,27,30). The second kappa shape index (κ2) is 10.4. The van der Waals surface area contributed by atoms with Gasteiger partial charge in [-0.15, -0.1) is 6.42 Å². The van der Waals surface area contributed by atoms with E-state index in [1.165, 1.54) is 16.3 Å². The number of anilines is 1. The highest BCUT2D eigenvalue weighted by Crippen LogP contribution is 2.30. The maximum absolute atomic E-state index is 13.4. The highest BCUT2D eigenvalue weighted by Gasteiger charge is 2.35.